The van der Waals surface area contributed by atoms with Crippen LogP contribution in [-0.2, 0) is 22.2 Å². The van der Waals surface area contributed by atoms with Gasteiger partial charge in [-0.1, -0.05) is 60.7 Å². The Bertz CT molecular complexity index is 697. The van der Waals surface area contributed by atoms with E-state index < -0.39 is 15.3 Å². The third-order valence-electron chi connectivity index (χ3n) is 3.98. The van der Waals surface area contributed by atoms with Crippen molar-refractivity contribution in [1.29, 1.82) is 0 Å². The summed E-state index contributed by atoms with van der Waals surface area (Å²) in [6.07, 6.45) is -0.889. The summed E-state index contributed by atoms with van der Waals surface area (Å²) in [4.78, 5) is 2.10. The third-order valence-corrected chi connectivity index (χ3v) is 6.05. The van der Waals surface area contributed by atoms with Crippen LogP contribution in [0.4, 0.5) is 0 Å². The summed E-state index contributed by atoms with van der Waals surface area (Å²) in [5.74, 6) is -0.0833. The van der Waals surface area contributed by atoms with E-state index in [0.29, 0.717) is 23.9 Å². The number of hydrogen-bond acceptors (Lipinski definition) is 5. The van der Waals surface area contributed by atoms with Gasteiger partial charge in [-0.2, -0.15) is 8.42 Å². The average Bonchev–Trinajstić information content (AvgIpc) is 2.59. The lowest BCUT2D eigenvalue weighted by Gasteiger charge is -2.32. The Labute approximate surface area is 152 Å². The molecule has 0 saturated heterocycles. The predicted molar refractivity (Wildman–Crippen MR) is 102 cm³/mol. The Morgan fingerprint density at radius 1 is 0.960 bits per heavy atom. The van der Waals surface area contributed by atoms with Gasteiger partial charge in [0.15, 0.2) is 0 Å². The average molecular weight is 382 g/mol. The van der Waals surface area contributed by atoms with Gasteiger partial charge in [-0.3, -0.25) is 9.45 Å². The molecule has 0 aromatic heterocycles. The van der Waals surface area contributed by atoms with Crippen LogP contribution in [0.25, 0.3) is 0 Å². The first-order valence-electron chi connectivity index (χ1n) is 7.97. The van der Waals surface area contributed by atoms with Gasteiger partial charge in [0.05, 0.1) is 6.10 Å². The fourth-order valence-electron chi connectivity index (χ4n) is 2.52. The van der Waals surface area contributed by atoms with Crippen LogP contribution < -0.4 is 0 Å². The van der Waals surface area contributed by atoms with Crippen LogP contribution in [0.5, 0.6) is 0 Å². The van der Waals surface area contributed by atoms with Gasteiger partial charge in [-0.15, -0.1) is 0 Å². The van der Waals surface area contributed by atoms with Crippen molar-refractivity contribution >= 4 is 19.9 Å². The number of nitrogens with zero attached hydrogens (tertiary/aromatic N) is 1. The maximum atomic E-state index is 10.9. The monoisotopic (exact) mass is 381 g/mol. The molecule has 136 valence electrons. The molecule has 2 atom stereocenters. The first kappa shape index (κ1) is 19.9. The van der Waals surface area contributed by atoms with Crippen molar-refractivity contribution in [3.05, 3.63) is 71.8 Å². The number of hydrogen-bond donors (Lipinski definition) is 2. The van der Waals surface area contributed by atoms with Gasteiger partial charge >= 0.3 is 9.15 Å². The van der Waals surface area contributed by atoms with Crippen LogP contribution in [-0.4, -0.2) is 40.9 Å². The standard InChI is InChI=1S/C18H23NO4S2/c1-15(18(20)14-24-25(21,22)23)19(12-16-8-4-2-5-9-16)13-17-10-6-3-7-11-17/h2-11,15,18,20H,12-14H2,1H3,(H,21,22,23)/t15-,18+/m0/s1. The zero-order valence-electron chi connectivity index (χ0n) is 14.0. The largest absolute Gasteiger partial charge is 0.391 e. The van der Waals surface area contributed by atoms with Crippen LogP contribution in [0.1, 0.15) is 18.1 Å². The van der Waals surface area contributed by atoms with Crippen molar-refractivity contribution in [2.45, 2.75) is 32.2 Å². The molecule has 0 aliphatic heterocycles. The molecule has 2 N–H and O–H groups in total. The number of aliphatic hydroxyl groups is 1. The fourth-order valence-corrected chi connectivity index (χ4v) is 4.04. The minimum Gasteiger partial charge on any atom is -0.391 e. The molecular weight excluding hydrogens is 358 g/mol. The van der Waals surface area contributed by atoms with E-state index in [9.17, 15) is 13.5 Å². The van der Waals surface area contributed by atoms with Crippen molar-refractivity contribution in [2.75, 3.05) is 5.75 Å². The zero-order valence-corrected chi connectivity index (χ0v) is 15.7. The van der Waals surface area contributed by atoms with Gasteiger partial charge in [0.1, 0.15) is 0 Å². The highest BCUT2D eigenvalue weighted by atomic mass is 33.1. The van der Waals surface area contributed by atoms with Gasteiger partial charge in [0.2, 0.25) is 0 Å². The molecule has 0 radical (unpaired) electrons. The highest BCUT2D eigenvalue weighted by molar-refractivity contribution is 8.69. The highest BCUT2D eigenvalue weighted by Crippen LogP contribution is 2.19. The molecule has 0 saturated carbocycles. The summed E-state index contributed by atoms with van der Waals surface area (Å²) < 4.78 is 30.7. The van der Waals surface area contributed by atoms with E-state index in [-0.39, 0.29) is 11.8 Å². The summed E-state index contributed by atoms with van der Waals surface area (Å²) in [5.41, 5.74) is 2.22. The van der Waals surface area contributed by atoms with E-state index in [0.717, 1.165) is 11.1 Å². The van der Waals surface area contributed by atoms with Gasteiger partial charge in [-0.05, 0) is 28.8 Å². The van der Waals surface area contributed by atoms with Crippen molar-refractivity contribution < 1.29 is 18.1 Å². The second kappa shape index (κ2) is 9.35. The van der Waals surface area contributed by atoms with Crippen molar-refractivity contribution in [3.8, 4) is 0 Å². The normalized spacial score (nSPS) is 14.4. The molecule has 0 bridgehead atoms. The molecule has 2 rings (SSSR count). The Balaban J connectivity index is 2.11. The quantitative estimate of drug-likeness (QED) is 0.514. The summed E-state index contributed by atoms with van der Waals surface area (Å²) in [5, 5.41) is 10.4. The van der Waals surface area contributed by atoms with Crippen LogP contribution in [0.3, 0.4) is 0 Å². The molecule has 2 aromatic rings. The molecule has 0 spiro atoms. The Kier molecular flexibility index (Phi) is 7.46. The molecule has 0 amide bonds. The molecule has 0 aliphatic carbocycles. The maximum absolute atomic E-state index is 10.9. The summed E-state index contributed by atoms with van der Waals surface area (Å²) in [6.45, 7) is 3.12. The first-order chi connectivity index (χ1) is 11.8. The molecule has 2 aromatic carbocycles. The Morgan fingerprint density at radius 2 is 1.40 bits per heavy atom. The molecule has 25 heavy (non-hydrogen) atoms. The van der Waals surface area contributed by atoms with Crippen molar-refractivity contribution in [2.24, 2.45) is 0 Å². The van der Waals surface area contributed by atoms with Crippen molar-refractivity contribution in [1.82, 2.24) is 4.90 Å². The second-order valence-electron chi connectivity index (χ2n) is 5.90. The lowest BCUT2D eigenvalue weighted by atomic mass is 10.1. The smallest absolute Gasteiger partial charge is 0.319 e. The van der Waals surface area contributed by atoms with E-state index in [2.05, 4.69) is 4.90 Å². The molecule has 5 nitrogen and oxygen atoms in total. The molecule has 0 unspecified atom stereocenters. The van der Waals surface area contributed by atoms with Gasteiger partial charge in [-0.25, -0.2) is 0 Å². The van der Waals surface area contributed by atoms with Crippen LogP contribution in [0.2, 0.25) is 0 Å². The summed E-state index contributed by atoms with van der Waals surface area (Å²) in [7, 11) is -3.81. The maximum Gasteiger partial charge on any atom is 0.319 e. The molecule has 0 aliphatic rings. The molecule has 0 fully saturated rings. The molecule has 7 heteroatoms. The van der Waals surface area contributed by atoms with Crippen LogP contribution >= 0.6 is 10.8 Å². The first-order valence-corrected chi connectivity index (χ1v) is 10.9. The lowest BCUT2D eigenvalue weighted by Crippen LogP contribution is -2.42. The van der Waals surface area contributed by atoms with Crippen LogP contribution in [0, 0.1) is 0 Å². The lowest BCUT2D eigenvalue weighted by molar-refractivity contribution is 0.0640. The SMILES string of the molecule is C[C@@H]([C@H](O)CSS(=O)(=O)O)N(Cc1ccccc1)Cc1ccccc1. The Hall–Kier alpha value is -1.38. The molecule has 0 heterocycles. The van der Waals surface area contributed by atoms with Gasteiger partial charge < -0.3 is 5.11 Å². The number of rotatable bonds is 9. The summed E-state index contributed by atoms with van der Waals surface area (Å²) in [6, 6.07) is 19.5. The second-order valence-corrected chi connectivity index (χ2v) is 9.29. The molecular formula is C18H23NO4S2. The number of aliphatic hydroxyl groups excluding tert-OH is 1. The van der Waals surface area contributed by atoms with E-state index in [4.69, 9.17) is 4.55 Å². The van der Waals surface area contributed by atoms with E-state index in [1.807, 2.05) is 67.6 Å². The summed E-state index contributed by atoms with van der Waals surface area (Å²) >= 11 is 0. The third kappa shape index (κ3) is 7.17. The highest BCUT2D eigenvalue weighted by Gasteiger charge is 2.24. The minimum atomic E-state index is -4.16. The van der Waals surface area contributed by atoms with Crippen molar-refractivity contribution in [3.63, 3.8) is 0 Å². The topological polar surface area (TPSA) is 77.8 Å². The van der Waals surface area contributed by atoms with E-state index in [1.54, 1.807) is 0 Å². The van der Waals surface area contributed by atoms with E-state index in [1.165, 1.54) is 0 Å². The predicted octanol–water partition coefficient (Wildman–Crippen LogP) is 2.97. The number of benzene rings is 2. The zero-order chi connectivity index (χ0) is 18.3. The van der Waals surface area contributed by atoms with Gasteiger partial charge in [0, 0.05) is 24.9 Å². The van der Waals surface area contributed by atoms with Crippen LogP contribution in [0.15, 0.2) is 60.7 Å². The Morgan fingerprint density at radius 3 is 1.80 bits per heavy atom. The fraction of sp³-hybridized carbons (Fsp3) is 0.333. The minimum absolute atomic E-state index is 0.0833. The van der Waals surface area contributed by atoms with E-state index >= 15 is 0 Å². The van der Waals surface area contributed by atoms with Gasteiger partial charge in [0.25, 0.3) is 0 Å².